The zero-order valence-electron chi connectivity index (χ0n) is 15.9. The van der Waals surface area contributed by atoms with Gasteiger partial charge in [-0.25, -0.2) is 9.18 Å². The summed E-state index contributed by atoms with van der Waals surface area (Å²) in [7, 11) is 2.73. The summed E-state index contributed by atoms with van der Waals surface area (Å²) < 4.78 is 35.2. The van der Waals surface area contributed by atoms with Gasteiger partial charge >= 0.3 is 5.97 Å². The molecular formula is C23H19FO5. The van der Waals surface area contributed by atoms with E-state index in [4.69, 9.17) is 18.9 Å². The molecule has 0 amide bonds. The van der Waals surface area contributed by atoms with Gasteiger partial charge in [-0.2, -0.15) is 0 Å². The van der Waals surface area contributed by atoms with Crippen LogP contribution >= 0.6 is 0 Å². The number of hydrogen-bond acceptors (Lipinski definition) is 5. The first-order valence-electron chi connectivity index (χ1n) is 8.73. The van der Waals surface area contributed by atoms with E-state index in [0.717, 1.165) is 0 Å². The molecule has 0 aliphatic rings. The van der Waals surface area contributed by atoms with Gasteiger partial charge in [0.2, 0.25) is 0 Å². The lowest BCUT2D eigenvalue weighted by Crippen LogP contribution is -2.05. The topological polar surface area (TPSA) is 54.0 Å². The van der Waals surface area contributed by atoms with Crippen LogP contribution in [-0.2, 0) is 14.3 Å². The fourth-order valence-electron chi connectivity index (χ4n) is 2.61. The van der Waals surface area contributed by atoms with Crippen molar-refractivity contribution in [3.63, 3.8) is 0 Å². The molecule has 0 aliphatic carbocycles. The highest BCUT2D eigenvalue weighted by Crippen LogP contribution is 2.33. The second-order valence-corrected chi connectivity index (χ2v) is 5.86. The van der Waals surface area contributed by atoms with Crippen molar-refractivity contribution in [1.29, 1.82) is 0 Å². The number of hydrogen-bond donors (Lipinski definition) is 0. The average Bonchev–Trinajstić information content (AvgIpc) is 2.74. The van der Waals surface area contributed by atoms with Crippen LogP contribution in [0.5, 0.6) is 23.0 Å². The van der Waals surface area contributed by atoms with E-state index in [0.29, 0.717) is 22.8 Å². The maximum atomic E-state index is 13.8. The standard InChI is InChI=1S/C23H19FO5/c1-26-15-19(23(25)27-2)18-10-3-5-12-21(18)28-16-8-7-9-17(14-16)29-22-13-6-4-11-20(22)24/h3-15H,1-2H3. The first-order valence-corrected chi connectivity index (χ1v) is 8.73. The number of rotatable bonds is 7. The van der Waals surface area contributed by atoms with Gasteiger partial charge in [0, 0.05) is 11.6 Å². The van der Waals surface area contributed by atoms with Gasteiger partial charge in [-0.05, 0) is 30.3 Å². The Balaban J connectivity index is 1.89. The van der Waals surface area contributed by atoms with Crippen molar-refractivity contribution < 1.29 is 28.1 Å². The van der Waals surface area contributed by atoms with Gasteiger partial charge in [0.05, 0.1) is 20.5 Å². The summed E-state index contributed by atoms with van der Waals surface area (Å²) in [4.78, 5) is 12.1. The molecule has 0 atom stereocenters. The molecule has 6 heteroatoms. The van der Waals surface area contributed by atoms with E-state index in [1.807, 2.05) is 0 Å². The number of para-hydroxylation sites is 2. The molecule has 0 heterocycles. The van der Waals surface area contributed by atoms with Crippen LogP contribution in [0.3, 0.4) is 0 Å². The van der Waals surface area contributed by atoms with E-state index in [1.54, 1.807) is 60.7 Å². The Kier molecular flexibility index (Phi) is 6.47. The molecule has 0 fully saturated rings. The Morgan fingerprint density at radius 1 is 0.828 bits per heavy atom. The zero-order valence-corrected chi connectivity index (χ0v) is 15.9. The third kappa shape index (κ3) is 4.93. The van der Waals surface area contributed by atoms with Crippen molar-refractivity contribution in [2.45, 2.75) is 0 Å². The van der Waals surface area contributed by atoms with E-state index in [-0.39, 0.29) is 11.3 Å². The van der Waals surface area contributed by atoms with Crippen molar-refractivity contribution >= 4 is 11.5 Å². The number of methoxy groups -OCH3 is 2. The Morgan fingerprint density at radius 3 is 2.10 bits per heavy atom. The van der Waals surface area contributed by atoms with Crippen molar-refractivity contribution in [1.82, 2.24) is 0 Å². The van der Waals surface area contributed by atoms with Crippen LogP contribution in [-0.4, -0.2) is 20.2 Å². The van der Waals surface area contributed by atoms with Gasteiger partial charge in [0.15, 0.2) is 11.6 Å². The molecule has 0 saturated heterocycles. The zero-order chi connectivity index (χ0) is 20.6. The summed E-state index contributed by atoms with van der Waals surface area (Å²) in [6.45, 7) is 0. The van der Waals surface area contributed by atoms with Crippen LogP contribution in [0.15, 0.2) is 79.1 Å². The van der Waals surface area contributed by atoms with E-state index < -0.39 is 11.8 Å². The van der Waals surface area contributed by atoms with Crippen molar-refractivity contribution in [2.75, 3.05) is 14.2 Å². The highest BCUT2D eigenvalue weighted by molar-refractivity contribution is 6.17. The fraction of sp³-hybridized carbons (Fsp3) is 0.0870. The molecule has 0 bridgehead atoms. The lowest BCUT2D eigenvalue weighted by atomic mass is 10.1. The second-order valence-electron chi connectivity index (χ2n) is 5.86. The van der Waals surface area contributed by atoms with Crippen LogP contribution in [0.1, 0.15) is 5.56 Å². The van der Waals surface area contributed by atoms with Gasteiger partial charge < -0.3 is 18.9 Å². The predicted octanol–water partition coefficient (Wildman–Crippen LogP) is 5.57. The molecule has 0 unspecified atom stereocenters. The van der Waals surface area contributed by atoms with E-state index in [1.165, 1.54) is 32.6 Å². The number of carbonyl (C=O) groups excluding carboxylic acids is 1. The van der Waals surface area contributed by atoms with Gasteiger partial charge in [-0.3, -0.25) is 0 Å². The van der Waals surface area contributed by atoms with Crippen LogP contribution in [0.2, 0.25) is 0 Å². The van der Waals surface area contributed by atoms with Crippen molar-refractivity contribution in [3.05, 3.63) is 90.4 Å². The highest BCUT2D eigenvalue weighted by atomic mass is 19.1. The Hall–Kier alpha value is -3.80. The second kappa shape index (κ2) is 9.41. The Labute approximate surface area is 167 Å². The number of carbonyl (C=O) groups is 1. The first-order chi connectivity index (χ1) is 14.1. The summed E-state index contributed by atoms with van der Waals surface area (Å²) >= 11 is 0. The molecule has 0 N–H and O–H groups in total. The number of halogens is 1. The van der Waals surface area contributed by atoms with E-state index in [9.17, 15) is 9.18 Å². The monoisotopic (exact) mass is 394 g/mol. The molecule has 5 nitrogen and oxygen atoms in total. The SMILES string of the molecule is COC=C(C(=O)OC)c1ccccc1Oc1cccc(Oc2ccccc2F)c1. The van der Waals surface area contributed by atoms with Crippen LogP contribution < -0.4 is 9.47 Å². The molecular weight excluding hydrogens is 375 g/mol. The van der Waals surface area contributed by atoms with Gasteiger partial charge in [0.1, 0.15) is 22.8 Å². The van der Waals surface area contributed by atoms with E-state index in [2.05, 4.69) is 0 Å². The minimum Gasteiger partial charge on any atom is -0.503 e. The first kappa shape index (κ1) is 19.9. The fourth-order valence-corrected chi connectivity index (χ4v) is 2.61. The molecule has 0 saturated carbocycles. The van der Waals surface area contributed by atoms with E-state index >= 15 is 0 Å². The van der Waals surface area contributed by atoms with Crippen LogP contribution in [0.25, 0.3) is 5.57 Å². The highest BCUT2D eigenvalue weighted by Gasteiger charge is 2.18. The molecule has 0 aromatic heterocycles. The molecule has 0 radical (unpaired) electrons. The Morgan fingerprint density at radius 2 is 1.45 bits per heavy atom. The van der Waals surface area contributed by atoms with Crippen LogP contribution in [0, 0.1) is 5.82 Å². The normalized spacial score (nSPS) is 10.9. The lowest BCUT2D eigenvalue weighted by Gasteiger charge is -2.13. The summed E-state index contributed by atoms with van der Waals surface area (Å²) in [5.74, 6) is 0.375. The number of esters is 1. The molecule has 0 aliphatic heterocycles. The summed E-state index contributed by atoms with van der Waals surface area (Å²) in [6.07, 6.45) is 1.30. The average molecular weight is 394 g/mol. The number of ether oxygens (including phenoxy) is 4. The predicted molar refractivity (Wildman–Crippen MR) is 106 cm³/mol. The van der Waals surface area contributed by atoms with Gasteiger partial charge in [0.25, 0.3) is 0 Å². The molecule has 0 spiro atoms. The van der Waals surface area contributed by atoms with Gasteiger partial charge in [-0.1, -0.05) is 36.4 Å². The summed E-state index contributed by atoms with van der Waals surface area (Å²) in [6, 6.07) is 19.9. The molecule has 29 heavy (non-hydrogen) atoms. The molecule has 3 aromatic carbocycles. The maximum absolute atomic E-state index is 13.8. The van der Waals surface area contributed by atoms with Crippen molar-refractivity contribution in [2.24, 2.45) is 0 Å². The molecule has 148 valence electrons. The largest absolute Gasteiger partial charge is 0.503 e. The lowest BCUT2D eigenvalue weighted by molar-refractivity contribution is -0.133. The summed E-state index contributed by atoms with van der Waals surface area (Å²) in [5.41, 5.74) is 0.714. The molecule has 3 rings (SSSR count). The minimum absolute atomic E-state index is 0.112. The Bertz CT molecular complexity index is 1030. The minimum atomic E-state index is -0.556. The quantitative estimate of drug-likeness (QED) is 0.298. The van der Waals surface area contributed by atoms with Gasteiger partial charge in [-0.15, -0.1) is 0 Å². The summed E-state index contributed by atoms with van der Waals surface area (Å²) in [5, 5.41) is 0. The maximum Gasteiger partial charge on any atom is 0.341 e. The third-order valence-corrected chi connectivity index (χ3v) is 3.92. The smallest absolute Gasteiger partial charge is 0.341 e. The third-order valence-electron chi connectivity index (χ3n) is 3.92. The van der Waals surface area contributed by atoms with Crippen LogP contribution in [0.4, 0.5) is 4.39 Å². The van der Waals surface area contributed by atoms with Crippen molar-refractivity contribution in [3.8, 4) is 23.0 Å². The molecule has 3 aromatic rings. The number of benzene rings is 3.